The van der Waals surface area contributed by atoms with Gasteiger partial charge in [-0.1, -0.05) is 85.0 Å². The first-order valence-corrected chi connectivity index (χ1v) is 13.4. The molecule has 0 fully saturated rings. The minimum absolute atomic E-state index is 0.369. The molecule has 30 heavy (non-hydrogen) atoms. The number of ether oxygens (including phenoxy) is 1. The van der Waals surface area contributed by atoms with Gasteiger partial charge >= 0.3 is 6.09 Å². The molecule has 0 radical (unpaired) electrons. The Morgan fingerprint density at radius 3 is 2.13 bits per heavy atom. The second-order valence-electron chi connectivity index (χ2n) is 9.30. The van der Waals surface area contributed by atoms with Gasteiger partial charge in [0, 0.05) is 0 Å². The molecule has 162 valence electrons. The highest BCUT2D eigenvalue weighted by atomic mass is 28.3. The smallest absolute Gasteiger partial charge is 0.407 e. The van der Waals surface area contributed by atoms with Crippen LogP contribution in [0.2, 0.25) is 13.1 Å². The molecule has 2 atom stereocenters. The Balaban J connectivity index is 2.49. The summed E-state index contributed by atoms with van der Waals surface area (Å²) in [5.41, 5.74) is 0.420. The number of rotatable bonds is 8. The number of alkyl carbamates (subject to hydrolysis) is 1. The van der Waals surface area contributed by atoms with Crippen molar-refractivity contribution in [3.05, 3.63) is 78.9 Å². The van der Waals surface area contributed by atoms with E-state index in [0.717, 1.165) is 10.8 Å². The van der Waals surface area contributed by atoms with Crippen molar-refractivity contribution >= 4 is 19.4 Å². The summed E-state index contributed by atoms with van der Waals surface area (Å²) in [4.78, 5) is 12.7. The molecule has 2 aromatic rings. The van der Waals surface area contributed by atoms with Crippen molar-refractivity contribution in [2.75, 3.05) is 0 Å². The summed E-state index contributed by atoms with van der Waals surface area (Å²) in [6.45, 7) is 13.7. The Morgan fingerprint density at radius 2 is 1.63 bits per heavy atom. The first-order chi connectivity index (χ1) is 14.0. The summed E-state index contributed by atoms with van der Waals surface area (Å²) < 4.78 is 5.53. The van der Waals surface area contributed by atoms with Gasteiger partial charge in [0.05, 0.1) is 11.3 Å². The molecule has 0 aliphatic rings. The van der Waals surface area contributed by atoms with Crippen molar-refractivity contribution in [1.82, 2.24) is 5.32 Å². The zero-order valence-corrected chi connectivity index (χ0v) is 19.8. The Bertz CT molecular complexity index is 830. The van der Waals surface area contributed by atoms with Gasteiger partial charge in [-0.05, 0) is 39.2 Å². The number of aliphatic hydroxyl groups is 1. The number of nitrogens with one attached hydrogen (secondary N) is 1. The molecule has 0 saturated heterocycles. The summed E-state index contributed by atoms with van der Waals surface area (Å²) >= 11 is 0. The lowest BCUT2D eigenvalue weighted by atomic mass is 9.98. The fourth-order valence-corrected chi connectivity index (χ4v) is 7.02. The molecule has 0 unspecified atom stereocenters. The third kappa shape index (κ3) is 5.83. The molecule has 4 nitrogen and oxygen atoms in total. The zero-order valence-electron chi connectivity index (χ0n) is 18.8. The van der Waals surface area contributed by atoms with E-state index in [1.54, 1.807) is 6.08 Å². The van der Waals surface area contributed by atoms with Gasteiger partial charge in [0.1, 0.15) is 13.7 Å². The van der Waals surface area contributed by atoms with Crippen LogP contribution in [0.25, 0.3) is 0 Å². The average molecular weight is 426 g/mol. The Hall–Kier alpha value is -2.37. The topological polar surface area (TPSA) is 58.6 Å². The van der Waals surface area contributed by atoms with Crippen LogP contribution in [-0.2, 0) is 11.2 Å². The van der Waals surface area contributed by atoms with Crippen LogP contribution in [0.15, 0.2) is 73.3 Å². The van der Waals surface area contributed by atoms with E-state index in [4.69, 9.17) is 4.74 Å². The molecule has 0 spiro atoms. The Kier molecular flexibility index (Phi) is 7.67. The predicted octanol–water partition coefficient (Wildman–Crippen LogP) is 4.58. The molecule has 5 heteroatoms. The number of carbonyl (C=O) groups excluding carboxylic acids is 1. The molecule has 0 bridgehead atoms. The number of hydrogen-bond donors (Lipinski definition) is 2. The first kappa shape index (κ1) is 23.9. The van der Waals surface area contributed by atoms with Crippen LogP contribution >= 0.6 is 0 Å². The normalized spacial score (nSPS) is 15.0. The molecular formula is C25H35NO3Si. The van der Waals surface area contributed by atoms with E-state index in [-0.39, 0.29) is 0 Å². The van der Waals surface area contributed by atoms with Crippen molar-refractivity contribution in [3.8, 4) is 0 Å². The van der Waals surface area contributed by atoms with Crippen LogP contribution in [0, 0.1) is 0 Å². The number of benzene rings is 2. The van der Waals surface area contributed by atoms with Gasteiger partial charge in [0.2, 0.25) is 0 Å². The van der Waals surface area contributed by atoms with Gasteiger partial charge in [-0.25, -0.2) is 4.79 Å². The van der Waals surface area contributed by atoms with Crippen molar-refractivity contribution in [2.45, 2.75) is 63.6 Å². The summed E-state index contributed by atoms with van der Waals surface area (Å²) in [6.07, 6.45) is 2.08. The summed E-state index contributed by atoms with van der Waals surface area (Å²) in [7, 11) is -2.48. The van der Waals surface area contributed by atoms with Crippen LogP contribution in [-0.4, -0.2) is 36.1 Å². The van der Waals surface area contributed by atoms with Crippen molar-refractivity contribution in [2.24, 2.45) is 0 Å². The standard InChI is InChI=1S/C25H35NO3Si/c1-7-18-25(28,30(5,6)21-16-12-9-13-17-21)22(19-20-14-10-8-11-15-20)26-23(27)29-24(2,3)4/h7-17,22,28H,1,18-19H2,2-6H3,(H,26,27)/t22-,25-/m0/s1. The molecule has 0 aliphatic heterocycles. The average Bonchev–Trinajstić information content (AvgIpc) is 2.67. The third-order valence-electron chi connectivity index (χ3n) is 5.58. The molecule has 0 saturated carbocycles. The molecule has 0 aromatic heterocycles. The molecule has 2 aromatic carbocycles. The summed E-state index contributed by atoms with van der Waals surface area (Å²) in [5.74, 6) is 0. The molecule has 1 amide bonds. The quantitative estimate of drug-likeness (QED) is 0.481. The molecule has 0 aliphatic carbocycles. The molecule has 2 rings (SSSR count). The maximum absolute atomic E-state index is 12.7. The predicted molar refractivity (Wildman–Crippen MR) is 127 cm³/mol. The molecular weight excluding hydrogens is 390 g/mol. The van der Waals surface area contributed by atoms with E-state index < -0.39 is 31.0 Å². The second-order valence-corrected chi connectivity index (χ2v) is 14.0. The van der Waals surface area contributed by atoms with Crippen LogP contribution in [0.1, 0.15) is 32.8 Å². The zero-order chi connectivity index (χ0) is 22.4. The maximum Gasteiger partial charge on any atom is 0.407 e. The van der Waals surface area contributed by atoms with Crippen LogP contribution in [0.5, 0.6) is 0 Å². The van der Waals surface area contributed by atoms with Gasteiger partial charge < -0.3 is 15.2 Å². The lowest BCUT2D eigenvalue weighted by Gasteiger charge is -2.46. The maximum atomic E-state index is 12.7. The number of amides is 1. The van der Waals surface area contributed by atoms with E-state index in [2.05, 4.69) is 37.1 Å². The monoisotopic (exact) mass is 425 g/mol. The van der Waals surface area contributed by atoms with E-state index >= 15 is 0 Å². The van der Waals surface area contributed by atoms with Gasteiger partial charge in [-0.15, -0.1) is 6.58 Å². The molecule has 2 N–H and O–H groups in total. The van der Waals surface area contributed by atoms with Crippen molar-refractivity contribution in [3.63, 3.8) is 0 Å². The fourth-order valence-electron chi connectivity index (χ4n) is 3.80. The number of hydrogen-bond acceptors (Lipinski definition) is 3. The lowest BCUT2D eigenvalue weighted by molar-refractivity contribution is 0.0327. The van der Waals surface area contributed by atoms with Crippen LogP contribution < -0.4 is 10.5 Å². The van der Waals surface area contributed by atoms with E-state index in [0.29, 0.717) is 12.8 Å². The largest absolute Gasteiger partial charge is 0.444 e. The lowest BCUT2D eigenvalue weighted by Crippen LogP contribution is -2.71. The van der Waals surface area contributed by atoms with Gasteiger partial charge in [0.15, 0.2) is 0 Å². The Morgan fingerprint density at radius 1 is 1.10 bits per heavy atom. The third-order valence-corrected chi connectivity index (χ3v) is 10.1. The van der Waals surface area contributed by atoms with Crippen LogP contribution in [0.4, 0.5) is 4.79 Å². The Labute approximate surface area is 182 Å². The minimum atomic E-state index is -2.48. The summed E-state index contributed by atoms with van der Waals surface area (Å²) in [6, 6.07) is 19.5. The molecule has 0 heterocycles. The van der Waals surface area contributed by atoms with E-state index in [9.17, 15) is 9.90 Å². The van der Waals surface area contributed by atoms with E-state index in [1.165, 1.54) is 0 Å². The van der Waals surface area contributed by atoms with E-state index in [1.807, 2.05) is 69.3 Å². The van der Waals surface area contributed by atoms with Crippen molar-refractivity contribution in [1.29, 1.82) is 0 Å². The van der Waals surface area contributed by atoms with Crippen LogP contribution in [0.3, 0.4) is 0 Å². The second kappa shape index (κ2) is 9.62. The highest BCUT2D eigenvalue weighted by Crippen LogP contribution is 2.31. The summed E-state index contributed by atoms with van der Waals surface area (Å²) in [5, 5.41) is 15.1. The minimum Gasteiger partial charge on any atom is -0.444 e. The first-order valence-electron chi connectivity index (χ1n) is 10.4. The van der Waals surface area contributed by atoms with Gasteiger partial charge in [-0.2, -0.15) is 0 Å². The highest BCUT2D eigenvalue weighted by molar-refractivity contribution is 6.92. The van der Waals surface area contributed by atoms with Gasteiger partial charge in [0.25, 0.3) is 0 Å². The van der Waals surface area contributed by atoms with Crippen molar-refractivity contribution < 1.29 is 14.6 Å². The SMILES string of the molecule is C=CC[C@@](O)([C@H](Cc1ccccc1)NC(=O)OC(C)(C)C)[Si](C)(C)c1ccccc1. The highest BCUT2D eigenvalue weighted by Gasteiger charge is 2.51. The van der Waals surface area contributed by atoms with Gasteiger partial charge in [-0.3, -0.25) is 0 Å². The number of carbonyl (C=O) groups is 1. The fraction of sp³-hybridized carbons (Fsp3) is 0.400.